The second-order valence-electron chi connectivity index (χ2n) is 8.39. The number of methoxy groups -OCH3 is 1. The molecule has 2 N–H and O–H groups in total. The van der Waals surface area contributed by atoms with Crippen molar-refractivity contribution in [1.29, 1.82) is 0 Å². The Labute approximate surface area is 180 Å². The molecular formula is C23H24ClN3O3. The highest BCUT2D eigenvalue weighted by Crippen LogP contribution is 2.56. The monoisotopic (exact) mass is 425 g/mol. The predicted molar refractivity (Wildman–Crippen MR) is 116 cm³/mol. The number of nitrogens with zero attached hydrogens (tertiary/aromatic N) is 1. The van der Waals surface area contributed by atoms with Gasteiger partial charge < -0.3 is 15.4 Å². The van der Waals surface area contributed by atoms with Gasteiger partial charge >= 0.3 is 0 Å². The first-order valence-corrected chi connectivity index (χ1v) is 10.7. The number of benzene rings is 2. The highest BCUT2D eigenvalue weighted by molar-refractivity contribution is 6.35. The molecule has 6 nitrogen and oxygen atoms in total. The van der Waals surface area contributed by atoms with E-state index in [9.17, 15) is 9.59 Å². The molecule has 30 heavy (non-hydrogen) atoms. The summed E-state index contributed by atoms with van der Waals surface area (Å²) in [5, 5.41) is 6.54. The van der Waals surface area contributed by atoms with Gasteiger partial charge in [0.15, 0.2) is 0 Å². The zero-order chi connectivity index (χ0) is 21.0. The third-order valence-corrected chi connectivity index (χ3v) is 7.04. The molecule has 1 spiro atoms. The Hall–Kier alpha value is -2.57. The van der Waals surface area contributed by atoms with E-state index < -0.39 is 11.5 Å². The number of nitrogens with one attached hydrogen (secondary N) is 2. The average molecular weight is 426 g/mol. The first-order valence-electron chi connectivity index (χ1n) is 10.3. The minimum atomic E-state index is -1.01. The Morgan fingerprint density at radius 2 is 2.07 bits per heavy atom. The van der Waals surface area contributed by atoms with Gasteiger partial charge in [0, 0.05) is 17.3 Å². The number of aryl methyl sites for hydroxylation is 1. The summed E-state index contributed by atoms with van der Waals surface area (Å²) in [5.41, 5.74) is 2.12. The van der Waals surface area contributed by atoms with Crippen molar-refractivity contribution in [2.45, 2.75) is 37.8 Å². The van der Waals surface area contributed by atoms with Crippen LogP contribution < -0.4 is 15.4 Å². The van der Waals surface area contributed by atoms with Crippen LogP contribution in [0.3, 0.4) is 0 Å². The number of carbonyl (C=O) groups is 2. The van der Waals surface area contributed by atoms with E-state index in [-0.39, 0.29) is 17.9 Å². The van der Waals surface area contributed by atoms with Crippen molar-refractivity contribution in [3.8, 4) is 5.75 Å². The Bertz CT molecular complexity index is 1040. The number of hydrogen-bond donors (Lipinski definition) is 2. The molecular weight excluding hydrogens is 402 g/mol. The molecule has 3 heterocycles. The molecule has 2 aromatic rings. The highest BCUT2D eigenvalue weighted by Gasteiger charge is 2.65. The predicted octanol–water partition coefficient (Wildman–Crippen LogP) is 3.93. The maximum absolute atomic E-state index is 13.5. The van der Waals surface area contributed by atoms with Gasteiger partial charge in [-0.15, -0.1) is 0 Å². The lowest BCUT2D eigenvalue weighted by atomic mass is 9.78. The number of fused-ring (bicyclic) bond motifs is 4. The molecule has 156 valence electrons. The fraction of sp³-hybridized carbons (Fsp3) is 0.391. The second-order valence-corrected chi connectivity index (χ2v) is 8.79. The van der Waals surface area contributed by atoms with Gasteiger partial charge in [-0.1, -0.05) is 17.7 Å². The standard InChI is InChI=1S/C23H24ClN3O3/c1-13-10-17-20(19(24)11-13)26-22(29)23(17)18(12-15-4-3-9-27(15)23)21(28)25-14-5-7-16(30-2)8-6-14/h5-8,10-11,15,18H,3-4,9,12H2,1-2H3,(H,25,28)(H,26,29). The molecule has 2 saturated heterocycles. The maximum Gasteiger partial charge on any atom is 0.250 e. The fourth-order valence-corrected chi connectivity index (χ4v) is 5.84. The molecule has 2 amide bonds. The Morgan fingerprint density at radius 1 is 1.30 bits per heavy atom. The molecule has 0 saturated carbocycles. The van der Waals surface area contributed by atoms with Gasteiger partial charge in [0.1, 0.15) is 11.3 Å². The van der Waals surface area contributed by atoms with Crippen LogP contribution in [0.1, 0.15) is 30.4 Å². The lowest BCUT2D eigenvalue weighted by molar-refractivity contribution is -0.135. The molecule has 3 aliphatic heterocycles. The highest BCUT2D eigenvalue weighted by atomic mass is 35.5. The van der Waals surface area contributed by atoms with Crippen molar-refractivity contribution in [1.82, 2.24) is 4.90 Å². The summed E-state index contributed by atoms with van der Waals surface area (Å²) in [4.78, 5) is 29.2. The third-order valence-electron chi connectivity index (χ3n) is 6.75. The molecule has 0 radical (unpaired) electrons. The van der Waals surface area contributed by atoms with E-state index in [1.165, 1.54) is 0 Å². The van der Waals surface area contributed by atoms with Crippen molar-refractivity contribution in [3.63, 3.8) is 0 Å². The van der Waals surface area contributed by atoms with Gasteiger partial charge in [0.25, 0.3) is 0 Å². The van der Waals surface area contributed by atoms with Gasteiger partial charge in [-0.3, -0.25) is 14.5 Å². The number of anilines is 2. The quantitative estimate of drug-likeness (QED) is 0.781. The van der Waals surface area contributed by atoms with Gasteiger partial charge in [0.2, 0.25) is 11.8 Å². The van der Waals surface area contributed by atoms with Gasteiger partial charge in [-0.25, -0.2) is 0 Å². The van der Waals surface area contributed by atoms with E-state index in [4.69, 9.17) is 16.3 Å². The van der Waals surface area contributed by atoms with Gasteiger partial charge in [-0.2, -0.15) is 0 Å². The van der Waals surface area contributed by atoms with Crippen molar-refractivity contribution in [3.05, 3.63) is 52.5 Å². The molecule has 5 rings (SSSR count). The zero-order valence-electron chi connectivity index (χ0n) is 17.0. The van der Waals surface area contributed by atoms with Crippen LogP contribution in [-0.2, 0) is 15.1 Å². The zero-order valence-corrected chi connectivity index (χ0v) is 17.8. The van der Waals surface area contributed by atoms with Gasteiger partial charge in [0.05, 0.1) is 23.7 Å². The number of ether oxygens (including phenoxy) is 1. The minimum absolute atomic E-state index is 0.143. The van der Waals surface area contributed by atoms with Crippen molar-refractivity contribution >= 4 is 34.8 Å². The smallest absolute Gasteiger partial charge is 0.250 e. The van der Waals surface area contributed by atoms with Crippen LogP contribution >= 0.6 is 11.6 Å². The third kappa shape index (κ3) is 2.67. The van der Waals surface area contributed by atoms with Crippen molar-refractivity contribution in [2.24, 2.45) is 5.92 Å². The molecule has 0 aliphatic carbocycles. The number of hydrogen-bond acceptors (Lipinski definition) is 4. The first-order chi connectivity index (χ1) is 14.4. The summed E-state index contributed by atoms with van der Waals surface area (Å²) < 4.78 is 5.19. The molecule has 2 fully saturated rings. The maximum atomic E-state index is 13.5. The summed E-state index contributed by atoms with van der Waals surface area (Å²) in [7, 11) is 1.60. The Balaban J connectivity index is 1.57. The Kier molecular flexibility index (Phi) is 4.52. The minimum Gasteiger partial charge on any atom is -0.497 e. The largest absolute Gasteiger partial charge is 0.497 e. The normalized spacial score (nSPS) is 27.1. The topological polar surface area (TPSA) is 70.7 Å². The van der Waals surface area contributed by atoms with Gasteiger partial charge in [-0.05, 0) is 68.6 Å². The summed E-state index contributed by atoms with van der Waals surface area (Å²) in [6, 6.07) is 11.3. The van der Waals surface area contributed by atoms with E-state index in [2.05, 4.69) is 15.5 Å². The lowest BCUT2D eigenvalue weighted by Gasteiger charge is -2.36. The van der Waals surface area contributed by atoms with Crippen LogP contribution in [0.2, 0.25) is 5.02 Å². The second kappa shape index (κ2) is 7.00. The van der Waals surface area contributed by atoms with Crippen LogP contribution in [0.25, 0.3) is 0 Å². The molecule has 0 bridgehead atoms. The van der Waals surface area contributed by atoms with Crippen molar-refractivity contribution < 1.29 is 14.3 Å². The average Bonchev–Trinajstić information content (AvgIpc) is 3.38. The molecule has 0 aromatic heterocycles. The lowest BCUT2D eigenvalue weighted by Crippen LogP contribution is -2.53. The molecule has 7 heteroatoms. The van der Waals surface area contributed by atoms with Crippen LogP contribution in [0.5, 0.6) is 5.75 Å². The summed E-state index contributed by atoms with van der Waals surface area (Å²) in [6.45, 7) is 2.76. The molecule has 3 unspecified atom stereocenters. The number of carbonyl (C=O) groups excluding carboxylic acids is 2. The molecule has 3 atom stereocenters. The fourth-order valence-electron chi connectivity index (χ4n) is 5.52. The summed E-state index contributed by atoms with van der Waals surface area (Å²) in [5.74, 6) is -0.0660. The van der Waals surface area contributed by atoms with E-state index in [0.717, 1.165) is 36.3 Å². The van der Waals surface area contributed by atoms with E-state index in [1.807, 2.05) is 31.2 Å². The van der Waals surface area contributed by atoms with Crippen LogP contribution in [0.15, 0.2) is 36.4 Å². The van der Waals surface area contributed by atoms with E-state index >= 15 is 0 Å². The van der Waals surface area contributed by atoms with Crippen LogP contribution in [-0.4, -0.2) is 36.4 Å². The van der Waals surface area contributed by atoms with E-state index in [1.54, 1.807) is 19.2 Å². The molecule has 3 aliphatic rings. The molecule has 2 aromatic carbocycles. The van der Waals surface area contributed by atoms with Crippen LogP contribution in [0, 0.1) is 12.8 Å². The summed E-state index contributed by atoms with van der Waals surface area (Å²) in [6.07, 6.45) is 2.68. The number of amides is 2. The SMILES string of the molecule is COc1ccc(NC(=O)C2CC3CCCN3C23C(=O)Nc2c(Cl)cc(C)cc23)cc1. The summed E-state index contributed by atoms with van der Waals surface area (Å²) >= 11 is 6.48. The van der Waals surface area contributed by atoms with E-state index in [0.29, 0.717) is 22.8 Å². The Morgan fingerprint density at radius 3 is 2.80 bits per heavy atom. The number of halogens is 1. The van der Waals surface area contributed by atoms with Crippen molar-refractivity contribution in [2.75, 3.05) is 24.3 Å². The van der Waals surface area contributed by atoms with Crippen LogP contribution in [0.4, 0.5) is 11.4 Å². The first kappa shape index (κ1) is 19.4. The number of rotatable bonds is 3.